The molecule has 2 aromatic carbocycles. The summed E-state index contributed by atoms with van der Waals surface area (Å²) in [6.45, 7) is 5.75. The van der Waals surface area contributed by atoms with E-state index in [0.717, 1.165) is 19.6 Å². The number of methoxy groups -OCH3 is 3. The fourth-order valence-corrected chi connectivity index (χ4v) is 4.70. The van der Waals surface area contributed by atoms with Crippen molar-refractivity contribution in [3.05, 3.63) is 53.6 Å². The molecule has 0 aliphatic carbocycles. The van der Waals surface area contributed by atoms with E-state index in [2.05, 4.69) is 22.3 Å². The van der Waals surface area contributed by atoms with E-state index in [1.165, 1.54) is 26.9 Å². The molecule has 1 N–H and O–H groups in total. The summed E-state index contributed by atoms with van der Waals surface area (Å²) in [6, 6.07) is 13.0. The number of aliphatic imine (C=N–C) groups is 1. The quantitative estimate of drug-likeness (QED) is 0.426. The number of piperazine rings is 1. The molecule has 2 aliphatic rings. The minimum absolute atomic E-state index is 0.157. The molecule has 0 aromatic heterocycles. The van der Waals surface area contributed by atoms with Crippen LogP contribution >= 0.6 is 0 Å². The van der Waals surface area contributed by atoms with Crippen molar-refractivity contribution in [3.8, 4) is 17.2 Å². The van der Waals surface area contributed by atoms with Gasteiger partial charge in [-0.1, -0.05) is 30.3 Å². The highest BCUT2D eigenvalue weighted by molar-refractivity contribution is 6.08. The van der Waals surface area contributed by atoms with Gasteiger partial charge in [0.2, 0.25) is 17.6 Å². The van der Waals surface area contributed by atoms with Crippen LogP contribution in [0.15, 0.2) is 47.5 Å². The van der Waals surface area contributed by atoms with Crippen LogP contribution in [0.3, 0.4) is 0 Å². The molecule has 198 valence electrons. The first kappa shape index (κ1) is 26.3. The summed E-state index contributed by atoms with van der Waals surface area (Å²) in [7, 11) is 4.55. The van der Waals surface area contributed by atoms with Crippen LogP contribution in [0, 0.1) is 5.92 Å². The molecule has 2 heterocycles. The Morgan fingerprint density at radius 3 is 2.22 bits per heavy atom. The van der Waals surface area contributed by atoms with Crippen LogP contribution in [0.4, 0.5) is 0 Å². The maximum Gasteiger partial charge on any atom is 0.321 e. The van der Waals surface area contributed by atoms with Crippen LogP contribution in [-0.2, 0) is 20.9 Å². The highest BCUT2D eigenvalue weighted by Crippen LogP contribution is 2.42. The third kappa shape index (κ3) is 5.80. The molecule has 0 bridgehead atoms. The summed E-state index contributed by atoms with van der Waals surface area (Å²) in [4.78, 5) is 35.4. The molecule has 10 heteroatoms. The topological polar surface area (TPSA) is 102 Å². The van der Waals surface area contributed by atoms with Gasteiger partial charge < -0.3 is 23.8 Å². The van der Waals surface area contributed by atoms with Crippen molar-refractivity contribution >= 4 is 17.8 Å². The maximum absolute atomic E-state index is 13.3. The minimum atomic E-state index is -1.15. The third-order valence-corrected chi connectivity index (χ3v) is 6.58. The van der Waals surface area contributed by atoms with E-state index in [9.17, 15) is 9.59 Å². The van der Waals surface area contributed by atoms with Gasteiger partial charge in [0.1, 0.15) is 6.04 Å². The number of nitrogens with one attached hydrogen (secondary N) is 1. The van der Waals surface area contributed by atoms with Gasteiger partial charge in [0.05, 0.1) is 27.9 Å². The van der Waals surface area contributed by atoms with Gasteiger partial charge in [-0.15, -0.1) is 0 Å². The van der Waals surface area contributed by atoms with Crippen LogP contribution in [0.5, 0.6) is 17.2 Å². The van der Waals surface area contributed by atoms with Crippen LogP contribution < -0.4 is 19.5 Å². The van der Waals surface area contributed by atoms with E-state index in [-0.39, 0.29) is 6.61 Å². The molecule has 2 aliphatic heterocycles. The molecule has 1 fully saturated rings. The van der Waals surface area contributed by atoms with Crippen molar-refractivity contribution in [3.63, 3.8) is 0 Å². The van der Waals surface area contributed by atoms with E-state index >= 15 is 0 Å². The Balaban J connectivity index is 1.61. The second kappa shape index (κ2) is 12.0. The van der Waals surface area contributed by atoms with Crippen molar-refractivity contribution in [2.75, 3.05) is 54.1 Å². The monoisotopic (exact) mass is 510 g/mol. The van der Waals surface area contributed by atoms with Crippen molar-refractivity contribution < 1.29 is 28.5 Å². The van der Waals surface area contributed by atoms with Crippen LogP contribution in [0.1, 0.15) is 24.1 Å². The van der Waals surface area contributed by atoms with E-state index < -0.39 is 23.8 Å². The van der Waals surface area contributed by atoms with E-state index in [0.29, 0.717) is 41.9 Å². The van der Waals surface area contributed by atoms with Gasteiger partial charge in [0, 0.05) is 32.7 Å². The van der Waals surface area contributed by atoms with Gasteiger partial charge in [-0.3, -0.25) is 19.8 Å². The lowest BCUT2D eigenvalue weighted by atomic mass is 9.90. The van der Waals surface area contributed by atoms with Crippen LogP contribution in [-0.4, -0.2) is 81.8 Å². The van der Waals surface area contributed by atoms with Gasteiger partial charge in [0.25, 0.3) is 0 Å². The molecule has 0 saturated carbocycles. The van der Waals surface area contributed by atoms with Gasteiger partial charge in [-0.05, 0) is 30.2 Å². The summed E-state index contributed by atoms with van der Waals surface area (Å²) < 4.78 is 21.7. The average Bonchev–Trinajstić information content (AvgIpc) is 2.92. The highest BCUT2D eigenvalue weighted by atomic mass is 16.5. The number of carbonyl (C=O) groups is 2. The zero-order valence-electron chi connectivity index (χ0n) is 21.7. The summed E-state index contributed by atoms with van der Waals surface area (Å²) in [6.07, 6.45) is 0. The second-order valence-corrected chi connectivity index (χ2v) is 8.82. The maximum atomic E-state index is 13.3. The second-order valence-electron chi connectivity index (χ2n) is 8.82. The number of ether oxygens (including phenoxy) is 4. The predicted octanol–water partition coefficient (Wildman–Crippen LogP) is 2.24. The Bertz CT molecular complexity index is 1110. The van der Waals surface area contributed by atoms with E-state index in [4.69, 9.17) is 23.9 Å². The first-order valence-corrected chi connectivity index (χ1v) is 12.4. The number of hydrogen-bond donors (Lipinski definition) is 1. The summed E-state index contributed by atoms with van der Waals surface area (Å²) in [5.41, 5.74) is 1.85. The zero-order chi connectivity index (χ0) is 26.4. The number of guanidine groups is 1. The van der Waals surface area contributed by atoms with Gasteiger partial charge >= 0.3 is 5.97 Å². The van der Waals surface area contributed by atoms with Crippen molar-refractivity contribution in [1.29, 1.82) is 0 Å². The lowest BCUT2D eigenvalue weighted by Crippen LogP contribution is -2.57. The molecule has 0 spiro atoms. The average molecular weight is 511 g/mol. The van der Waals surface area contributed by atoms with Crippen molar-refractivity contribution in [2.45, 2.75) is 19.5 Å². The molecule has 37 heavy (non-hydrogen) atoms. The molecule has 1 amide bonds. The molecule has 1 saturated heterocycles. The molecular formula is C27H34N4O6. The molecule has 10 nitrogen and oxygen atoms in total. The number of hydrogen-bond acceptors (Lipinski definition) is 9. The van der Waals surface area contributed by atoms with Gasteiger partial charge in [-0.2, -0.15) is 0 Å². The summed E-state index contributed by atoms with van der Waals surface area (Å²) >= 11 is 0. The number of carbonyl (C=O) groups excluding carboxylic acids is 2. The predicted molar refractivity (Wildman–Crippen MR) is 138 cm³/mol. The Labute approximate surface area is 217 Å². The minimum Gasteiger partial charge on any atom is -0.493 e. The van der Waals surface area contributed by atoms with E-state index in [1.807, 2.05) is 23.1 Å². The Morgan fingerprint density at radius 2 is 1.65 bits per heavy atom. The normalized spacial score (nSPS) is 20.1. The first-order chi connectivity index (χ1) is 18.0. The third-order valence-electron chi connectivity index (χ3n) is 6.58. The molecule has 2 atom stereocenters. The van der Waals surface area contributed by atoms with E-state index in [1.54, 1.807) is 19.1 Å². The Morgan fingerprint density at radius 1 is 1.00 bits per heavy atom. The Hall–Kier alpha value is -3.79. The van der Waals surface area contributed by atoms with Crippen molar-refractivity contribution in [1.82, 2.24) is 15.1 Å². The lowest BCUT2D eigenvalue weighted by Gasteiger charge is -2.39. The first-order valence-electron chi connectivity index (χ1n) is 12.4. The number of nitrogens with zero attached hydrogens (tertiary/aromatic N) is 3. The highest BCUT2D eigenvalue weighted by Gasteiger charge is 2.43. The van der Waals surface area contributed by atoms with Crippen molar-refractivity contribution in [2.24, 2.45) is 10.9 Å². The van der Waals surface area contributed by atoms with Gasteiger partial charge in [-0.25, -0.2) is 4.99 Å². The summed E-state index contributed by atoms with van der Waals surface area (Å²) in [5, 5.41) is 2.85. The molecule has 4 rings (SSSR count). The zero-order valence-corrected chi connectivity index (χ0v) is 21.7. The fourth-order valence-electron chi connectivity index (χ4n) is 4.70. The standard InChI is InChI=1S/C27H34N4O6/c1-5-37-26(33)22-23(19-15-20(34-2)24(36-4)21(16-19)35-3)28-27(29-25(22)32)31-13-11-30(12-14-31)17-18-9-7-6-8-10-18/h6-10,15-16,22-23H,5,11-14,17H2,1-4H3,(H,28,29,32)/t22-,23+/m1/s1. The molecular weight excluding hydrogens is 476 g/mol. The van der Waals surface area contributed by atoms with Crippen LogP contribution in [0.2, 0.25) is 0 Å². The lowest BCUT2D eigenvalue weighted by molar-refractivity contribution is -0.153. The molecule has 0 radical (unpaired) electrons. The number of esters is 1. The number of rotatable bonds is 8. The number of benzene rings is 2. The van der Waals surface area contributed by atoms with Crippen LogP contribution in [0.25, 0.3) is 0 Å². The molecule has 2 aromatic rings. The Kier molecular flexibility index (Phi) is 8.50. The summed E-state index contributed by atoms with van der Waals surface area (Å²) in [5.74, 6) is -0.536. The van der Waals surface area contributed by atoms with Gasteiger partial charge in [0.15, 0.2) is 17.4 Å². The largest absolute Gasteiger partial charge is 0.493 e. The number of amides is 1. The molecule has 0 unspecified atom stereocenters. The SMILES string of the molecule is CCOC(=O)[C@H]1C(=O)NC(N2CCN(Cc3ccccc3)CC2)=N[C@H]1c1cc(OC)c(OC)c(OC)c1. The smallest absolute Gasteiger partial charge is 0.321 e. The fraction of sp³-hybridized carbons (Fsp3) is 0.444.